The van der Waals surface area contributed by atoms with Crippen molar-refractivity contribution in [1.29, 1.82) is 0 Å². The van der Waals surface area contributed by atoms with Crippen molar-refractivity contribution in [1.82, 2.24) is 5.32 Å². The molecule has 0 aromatic carbocycles. The molecule has 1 amide bonds. The fourth-order valence-electron chi connectivity index (χ4n) is 2.83. The van der Waals surface area contributed by atoms with Gasteiger partial charge in [0.25, 0.3) is 0 Å². The Hall–Kier alpha value is -0.570. The molecule has 1 N–H and O–H groups in total. The Morgan fingerprint density at radius 1 is 1.24 bits per heavy atom. The van der Waals surface area contributed by atoms with Gasteiger partial charge in [-0.15, -0.1) is 0 Å². The van der Waals surface area contributed by atoms with Gasteiger partial charge in [-0.25, -0.2) is 0 Å². The number of carbonyl (C=O) groups excluding carboxylic acids is 1. The van der Waals surface area contributed by atoms with Crippen molar-refractivity contribution in [3.8, 4) is 0 Å². The summed E-state index contributed by atoms with van der Waals surface area (Å²) in [7, 11) is 0. The van der Waals surface area contributed by atoms with Gasteiger partial charge in [0.05, 0.1) is 6.10 Å². The largest absolute Gasteiger partial charge is 0.379 e. The SMILES string of the molecule is CC(C)OCCCCNC(=O)C1CC2CC2C1. The summed E-state index contributed by atoms with van der Waals surface area (Å²) in [4.78, 5) is 11.8. The third-order valence-electron chi connectivity index (χ3n) is 3.94. The molecule has 0 aromatic heterocycles. The molecular formula is C14H25NO2. The van der Waals surface area contributed by atoms with Crippen LogP contribution in [-0.2, 0) is 9.53 Å². The van der Waals surface area contributed by atoms with Crippen LogP contribution in [0.1, 0.15) is 46.0 Å². The molecule has 2 aliphatic rings. The number of hydrogen-bond acceptors (Lipinski definition) is 2. The van der Waals surface area contributed by atoms with E-state index in [1.165, 1.54) is 6.42 Å². The van der Waals surface area contributed by atoms with Gasteiger partial charge >= 0.3 is 0 Å². The number of fused-ring (bicyclic) bond motifs is 1. The van der Waals surface area contributed by atoms with Gasteiger partial charge in [0, 0.05) is 19.1 Å². The van der Waals surface area contributed by atoms with Crippen LogP contribution in [0.25, 0.3) is 0 Å². The lowest BCUT2D eigenvalue weighted by Crippen LogP contribution is -2.30. The van der Waals surface area contributed by atoms with Gasteiger partial charge < -0.3 is 10.1 Å². The molecule has 2 unspecified atom stereocenters. The summed E-state index contributed by atoms with van der Waals surface area (Å²) in [6.45, 7) is 5.72. The van der Waals surface area contributed by atoms with Gasteiger partial charge in [-0.3, -0.25) is 4.79 Å². The van der Waals surface area contributed by atoms with E-state index in [2.05, 4.69) is 5.32 Å². The molecule has 0 heterocycles. The predicted octanol–water partition coefficient (Wildman–Crippen LogP) is 2.35. The predicted molar refractivity (Wildman–Crippen MR) is 67.7 cm³/mol. The summed E-state index contributed by atoms with van der Waals surface area (Å²) in [5.74, 6) is 2.41. The van der Waals surface area contributed by atoms with E-state index in [4.69, 9.17) is 4.74 Å². The standard InChI is InChI=1S/C14H25NO2/c1-10(2)17-6-4-3-5-15-14(16)13-8-11-7-12(11)9-13/h10-13H,3-9H2,1-2H3,(H,15,16). The van der Waals surface area contributed by atoms with Crippen molar-refractivity contribution >= 4 is 5.91 Å². The second-order valence-corrected chi connectivity index (χ2v) is 5.84. The van der Waals surface area contributed by atoms with Crippen LogP contribution < -0.4 is 5.32 Å². The van der Waals surface area contributed by atoms with Crippen LogP contribution in [0.15, 0.2) is 0 Å². The second kappa shape index (κ2) is 5.85. The summed E-state index contributed by atoms with van der Waals surface area (Å²) in [5, 5.41) is 3.06. The van der Waals surface area contributed by atoms with Crippen molar-refractivity contribution in [2.45, 2.75) is 52.1 Å². The molecule has 17 heavy (non-hydrogen) atoms. The van der Waals surface area contributed by atoms with Gasteiger partial charge in [0.1, 0.15) is 0 Å². The molecule has 0 spiro atoms. The molecule has 2 saturated carbocycles. The highest BCUT2D eigenvalue weighted by atomic mass is 16.5. The third kappa shape index (κ3) is 3.98. The first-order valence-electron chi connectivity index (χ1n) is 7.06. The van der Waals surface area contributed by atoms with Crippen LogP contribution in [0.5, 0.6) is 0 Å². The van der Waals surface area contributed by atoms with E-state index in [1.807, 2.05) is 13.8 Å². The summed E-state index contributed by atoms with van der Waals surface area (Å²) in [6, 6.07) is 0. The highest BCUT2D eigenvalue weighted by Crippen LogP contribution is 2.54. The number of rotatable bonds is 7. The Kier molecular flexibility index (Phi) is 4.43. The minimum Gasteiger partial charge on any atom is -0.379 e. The van der Waals surface area contributed by atoms with Crippen molar-refractivity contribution in [2.24, 2.45) is 17.8 Å². The van der Waals surface area contributed by atoms with Crippen LogP contribution >= 0.6 is 0 Å². The molecule has 0 radical (unpaired) electrons. The highest BCUT2D eigenvalue weighted by molar-refractivity contribution is 5.79. The lowest BCUT2D eigenvalue weighted by Gasteiger charge is -2.12. The summed E-state index contributed by atoms with van der Waals surface area (Å²) in [6.07, 6.45) is 6.05. The molecular weight excluding hydrogens is 214 g/mol. The highest BCUT2D eigenvalue weighted by Gasteiger charge is 2.47. The smallest absolute Gasteiger partial charge is 0.223 e. The normalized spacial score (nSPS) is 30.4. The van der Waals surface area contributed by atoms with Crippen LogP contribution in [0, 0.1) is 17.8 Å². The van der Waals surface area contributed by atoms with Crippen molar-refractivity contribution in [3.63, 3.8) is 0 Å². The zero-order chi connectivity index (χ0) is 12.3. The van der Waals surface area contributed by atoms with Crippen LogP contribution in [0.2, 0.25) is 0 Å². The minimum atomic E-state index is 0.293. The summed E-state index contributed by atoms with van der Waals surface area (Å²) in [5.41, 5.74) is 0. The molecule has 0 saturated heterocycles. The first-order valence-corrected chi connectivity index (χ1v) is 7.06. The lowest BCUT2D eigenvalue weighted by atomic mass is 10.0. The number of hydrogen-bond donors (Lipinski definition) is 1. The van der Waals surface area contributed by atoms with Gasteiger partial charge in [-0.1, -0.05) is 0 Å². The number of nitrogens with one attached hydrogen (secondary N) is 1. The number of carbonyl (C=O) groups is 1. The van der Waals surface area contributed by atoms with Crippen molar-refractivity contribution < 1.29 is 9.53 Å². The molecule has 0 bridgehead atoms. The van der Waals surface area contributed by atoms with Gasteiger partial charge in [0.15, 0.2) is 0 Å². The lowest BCUT2D eigenvalue weighted by molar-refractivity contribution is -0.125. The number of amides is 1. The van der Waals surface area contributed by atoms with E-state index < -0.39 is 0 Å². The monoisotopic (exact) mass is 239 g/mol. The van der Waals surface area contributed by atoms with Crippen molar-refractivity contribution in [3.05, 3.63) is 0 Å². The van der Waals surface area contributed by atoms with Crippen LogP contribution in [0.3, 0.4) is 0 Å². The molecule has 2 atom stereocenters. The average Bonchev–Trinajstić information content (AvgIpc) is 2.90. The maximum Gasteiger partial charge on any atom is 0.223 e. The maximum atomic E-state index is 11.8. The van der Waals surface area contributed by atoms with Gasteiger partial charge in [-0.2, -0.15) is 0 Å². The Balaban J connectivity index is 1.46. The minimum absolute atomic E-state index is 0.293. The fourth-order valence-corrected chi connectivity index (χ4v) is 2.83. The Labute approximate surface area is 104 Å². The average molecular weight is 239 g/mol. The Morgan fingerprint density at radius 2 is 1.94 bits per heavy atom. The van der Waals surface area contributed by atoms with Gasteiger partial charge in [0.2, 0.25) is 5.91 Å². The number of unbranched alkanes of at least 4 members (excludes halogenated alkanes) is 1. The maximum absolute atomic E-state index is 11.8. The fraction of sp³-hybridized carbons (Fsp3) is 0.929. The third-order valence-corrected chi connectivity index (χ3v) is 3.94. The molecule has 2 fully saturated rings. The van der Waals surface area contributed by atoms with E-state index in [0.29, 0.717) is 17.9 Å². The molecule has 98 valence electrons. The molecule has 2 rings (SSSR count). The van der Waals surface area contributed by atoms with Crippen molar-refractivity contribution in [2.75, 3.05) is 13.2 Å². The zero-order valence-electron chi connectivity index (χ0n) is 11.1. The first kappa shape index (κ1) is 12.9. The summed E-state index contributed by atoms with van der Waals surface area (Å²) >= 11 is 0. The van der Waals surface area contributed by atoms with E-state index >= 15 is 0 Å². The molecule has 3 nitrogen and oxygen atoms in total. The number of ether oxygens (including phenoxy) is 1. The van der Waals surface area contributed by atoms with Gasteiger partial charge in [-0.05, 0) is 57.8 Å². The first-order chi connectivity index (χ1) is 8.16. The Bertz CT molecular complexity index is 255. The molecule has 0 aliphatic heterocycles. The van der Waals surface area contributed by atoms with E-state index in [-0.39, 0.29) is 0 Å². The topological polar surface area (TPSA) is 38.3 Å². The van der Waals surface area contributed by atoms with E-state index in [1.54, 1.807) is 0 Å². The van der Waals surface area contributed by atoms with Crippen LogP contribution in [0.4, 0.5) is 0 Å². The Morgan fingerprint density at radius 3 is 2.59 bits per heavy atom. The molecule has 3 heteroatoms. The summed E-state index contributed by atoms with van der Waals surface area (Å²) < 4.78 is 5.46. The molecule has 2 aliphatic carbocycles. The van der Waals surface area contributed by atoms with E-state index in [9.17, 15) is 4.79 Å². The molecule has 0 aromatic rings. The second-order valence-electron chi connectivity index (χ2n) is 5.84. The zero-order valence-corrected chi connectivity index (χ0v) is 11.1. The van der Waals surface area contributed by atoms with E-state index in [0.717, 1.165) is 50.7 Å². The quantitative estimate of drug-likeness (QED) is 0.693. The van der Waals surface area contributed by atoms with Crippen LogP contribution in [-0.4, -0.2) is 25.2 Å².